The van der Waals surface area contributed by atoms with Gasteiger partial charge in [-0.15, -0.1) is 11.3 Å². The Bertz CT molecular complexity index is 885. The first kappa shape index (κ1) is 18.4. The number of benzene rings is 2. The van der Waals surface area contributed by atoms with Gasteiger partial charge in [-0.25, -0.2) is 0 Å². The van der Waals surface area contributed by atoms with Crippen molar-refractivity contribution < 1.29 is 9.59 Å². The smallest absolute Gasteiger partial charge is 0.252 e. The molecular weight excluding hydrogens is 362 g/mol. The molecule has 0 aliphatic heterocycles. The Balaban J connectivity index is 1.82. The Morgan fingerprint density at radius 3 is 2.12 bits per heavy atom. The number of rotatable bonds is 6. The van der Waals surface area contributed by atoms with E-state index >= 15 is 0 Å². The third-order valence-electron chi connectivity index (χ3n) is 3.85. The van der Waals surface area contributed by atoms with Crippen molar-refractivity contribution in [1.82, 2.24) is 5.32 Å². The molecule has 0 unspecified atom stereocenters. The zero-order chi connectivity index (χ0) is 18.5. The molecule has 0 aliphatic carbocycles. The molecule has 0 saturated heterocycles. The fraction of sp³-hybridized carbons (Fsp3) is 0.143. The zero-order valence-corrected chi connectivity index (χ0v) is 16.2. The van der Waals surface area contributed by atoms with Crippen LogP contribution in [0.25, 0.3) is 0 Å². The molecule has 1 atom stereocenters. The number of thioether (sulfide) groups is 1. The number of hydrogen-bond acceptors (Lipinski definition) is 4. The van der Waals surface area contributed by atoms with Crippen molar-refractivity contribution in [2.24, 2.45) is 0 Å². The third kappa shape index (κ3) is 4.62. The summed E-state index contributed by atoms with van der Waals surface area (Å²) in [7, 11) is 0. The van der Waals surface area contributed by atoms with Crippen LogP contribution >= 0.6 is 23.1 Å². The van der Waals surface area contributed by atoms with Crippen LogP contribution in [0.5, 0.6) is 0 Å². The second kappa shape index (κ2) is 8.34. The molecule has 1 aromatic heterocycles. The summed E-state index contributed by atoms with van der Waals surface area (Å²) < 4.78 is 0. The van der Waals surface area contributed by atoms with Gasteiger partial charge in [-0.3, -0.25) is 9.59 Å². The van der Waals surface area contributed by atoms with Gasteiger partial charge in [0.25, 0.3) is 5.91 Å². The number of ketones is 1. The summed E-state index contributed by atoms with van der Waals surface area (Å²) in [6.45, 7) is 3.99. The van der Waals surface area contributed by atoms with E-state index in [0.29, 0.717) is 10.4 Å². The van der Waals surface area contributed by atoms with E-state index in [1.807, 2.05) is 61.7 Å². The number of amides is 1. The minimum absolute atomic E-state index is 0.0916. The highest BCUT2D eigenvalue weighted by molar-refractivity contribution is 8.00. The molecule has 26 heavy (non-hydrogen) atoms. The van der Waals surface area contributed by atoms with Gasteiger partial charge in [0.15, 0.2) is 0 Å². The van der Waals surface area contributed by atoms with Crippen LogP contribution in [0.3, 0.4) is 0 Å². The highest BCUT2D eigenvalue weighted by Crippen LogP contribution is 2.26. The number of thiophene rings is 1. The van der Waals surface area contributed by atoms with E-state index in [4.69, 9.17) is 0 Å². The summed E-state index contributed by atoms with van der Waals surface area (Å²) in [5, 5.41) is 4.07. The van der Waals surface area contributed by atoms with E-state index in [1.165, 1.54) is 23.1 Å². The summed E-state index contributed by atoms with van der Waals surface area (Å²) >= 11 is 2.74. The normalized spacial score (nSPS) is 11.8. The Morgan fingerprint density at radius 2 is 1.54 bits per heavy atom. The lowest BCUT2D eigenvalue weighted by atomic mass is 10.1. The number of carbonyl (C=O) groups is 2. The van der Waals surface area contributed by atoms with Crippen molar-refractivity contribution in [2.45, 2.75) is 24.1 Å². The number of aryl methyl sites for hydroxylation is 2. The second-order valence-corrected chi connectivity index (χ2v) is 8.12. The molecule has 5 heteroatoms. The molecule has 3 aromatic rings. The van der Waals surface area contributed by atoms with E-state index in [9.17, 15) is 9.59 Å². The molecule has 1 amide bonds. The van der Waals surface area contributed by atoms with E-state index in [2.05, 4.69) is 5.32 Å². The zero-order valence-electron chi connectivity index (χ0n) is 14.6. The van der Waals surface area contributed by atoms with E-state index in [0.717, 1.165) is 16.0 Å². The fourth-order valence-corrected chi connectivity index (χ4v) is 4.09. The molecular formula is C21H19NO2S2. The number of Topliss-reactive ketones (excluding diaryl/α,β-unsaturated/α-hetero) is 1. The van der Waals surface area contributed by atoms with Crippen molar-refractivity contribution in [2.75, 3.05) is 0 Å². The first-order valence-corrected chi connectivity index (χ1v) is 9.97. The standard InChI is InChI=1S/C21H19NO2S2/c1-14-5-9-16(10-6-14)20(24)22-21(19(23)18-4-3-13-25-18)26-17-11-7-15(2)8-12-17/h3-13,21H,1-2H3,(H,22,24)/t21-/m0/s1. The number of hydrogen-bond donors (Lipinski definition) is 1. The van der Waals surface area contributed by atoms with Gasteiger partial charge >= 0.3 is 0 Å². The maximum absolute atomic E-state index is 12.9. The molecule has 0 bridgehead atoms. The average molecular weight is 382 g/mol. The quantitative estimate of drug-likeness (QED) is 0.367. The Hall–Kier alpha value is -2.37. The van der Waals surface area contributed by atoms with Crippen LogP contribution in [0, 0.1) is 13.8 Å². The van der Waals surface area contributed by atoms with Crippen molar-refractivity contribution in [3.05, 3.63) is 87.6 Å². The fourth-order valence-electron chi connectivity index (χ4n) is 2.36. The minimum atomic E-state index is -0.676. The molecule has 3 rings (SSSR count). The van der Waals surface area contributed by atoms with Gasteiger partial charge < -0.3 is 5.32 Å². The maximum Gasteiger partial charge on any atom is 0.252 e. The molecule has 0 fully saturated rings. The van der Waals surface area contributed by atoms with Gasteiger partial charge in [-0.2, -0.15) is 0 Å². The Morgan fingerprint density at radius 1 is 0.923 bits per heavy atom. The maximum atomic E-state index is 12.9. The second-order valence-electron chi connectivity index (χ2n) is 5.99. The molecule has 0 radical (unpaired) electrons. The third-order valence-corrected chi connectivity index (χ3v) is 5.85. The Kier molecular flexibility index (Phi) is 5.91. The lowest BCUT2D eigenvalue weighted by Gasteiger charge is -2.17. The van der Waals surface area contributed by atoms with Crippen LogP contribution in [0.1, 0.15) is 31.2 Å². The first-order chi connectivity index (χ1) is 12.5. The van der Waals surface area contributed by atoms with Gasteiger partial charge in [-0.1, -0.05) is 53.2 Å². The van der Waals surface area contributed by atoms with Crippen LogP contribution in [0.15, 0.2) is 70.9 Å². The van der Waals surface area contributed by atoms with Crippen molar-refractivity contribution >= 4 is 34.8 Å². The molecule has 0 spiro atoms. The van der Waals surface area contributed by atoms with Crippen LogP contribution < -0.4 is 5.32 Å². The Labute approximate surface area is 161 Å². The lowest BCUT2D eigenvalue weighted by molar-refractivity contribution is 0.0894. The largest absolute Gasteiger partial charge is 0.333 e. The molecule has 1 N–H and O–H groups in total. The van der Waals surface area contributed by atoms with Crippen molar-refractivity contribution in [3.8, 4) is 0 Å². The molecule has 2 aromatic carbocycles. The monoisotopic (exact) mass is 381 g/mol. The summed E-state index contributed by atoms with van der Waals surface area (Å²) in [6, 6.07) is 18.9. The molecule has 1 heterocycles. The predicted octanol–water partition coefficient (Wildman–Crippen LogP) is 5.10. The highest BCUT2D eigenvalue weighted by Gasteiger charge is 2.24. The summed E-state index contributed by atoms with van der Waals surface area (Å²) in [5.41, 5.74) is 2.78. The molecule has 0 saturated carbocycles. The van der Waals surface area contributed by atoms with Gasteiger partial charge in [-0.05, 0) is 49.6 Å². The van der Waals surface area contributed by atoms with Gasteiger partial charge in [0.2, 0.25) is 5.78 Å². The van der Waals surface area contributed by atoms with Crippen molar-refractivity contribution in [3.63, 3.8) is 0 Å². The van der Waals surface area contributed by atoms with Crippen LogP contribution in [-0.2, 0) is 0 Å². The molecule has 132 valence electrons. The molecule has 3 nitrogen and oxygen atoms in total. The average Bonchev–Trinajstić information content (AvgIpc) is 3.17. The number of carbonyl (C=O) groups excluding carboxylic acids is 2. The van der Waals surface area contributed by atoms with Crippen LogP contribution in [0.4, 0.5) is 0 Å². The van der Waals surface area contributed by atoms with Gasteiger partial charge in [0.05, 0.1) is 4.88 Å². The van der Waals surface area contributed by atoms with Gasteiger partial charge in [0.1, 0.15) is 5.37 Å². The topological polar surface area (TPSA) is 46.2 Å². The van der Waals surface area contributed by atoms with Crippen LogP contribution in [0.2, 0.25) is 0 Å². The SMILES string of the molecule is Cc1ccc(S[C@H](NC(=O)c2ccc(C)cc2)C(=O)c2cccs2)cc1. The van der Waals surface area contributed by atoms with E-state index in [-0.39, 0.29) is 11.7 Å². The van der Waals surface area contributed by atoms with E-state index < -0.39 is 5.37 Å². The van der Waals surface area contributed by atoms with Crippen LogP contribution in [-0.4, -0.2) is 17.1 Å². The summed E-state index contributed by atoms with van der Waals surface area (Å²) in [6.07, 6.45) is 0. The molecule has 0 aliphatic rings. The van der Waals surface area contributed by atoms with Crippen molar-refractivity contribution in [1.29, 1.82) is 0 Å². The summed E-state index contributed by atoms with van der Waals surface area (Å²) in [5.74, 6) is -0.342. The lowest BCUT2D eigenvalue weighted by Crippen LogP contribution is -2.38. The highest BCUT2D eigenvalue weighted by atomic mass is 32.2. The first-order valence-electron chi connectivity index (χ1n) is 8.21. The number of nitrogens with one attached hydrogen (secondary N) is 1. The van der Waals surface area contributed by atoms with Gasteiger partial charge in [0, 0.05) is 10.5 Å². The predicted molar refractivity (Wildman–Crippen MR) is 108 cm³/mol. The summed E-state index contributed by atoms with van der Waals surface area (Å²) in [4.78, 5) is 27.1. The minimum Gasteiger partial charge on any atom is -0.333 e. The van der Waals surface area contributed by atoms with E-state index in [1.54, 1.807) is 18.2 Å².